The minimum atomic E-state index is -3.85. The molecule has 0 aliphatic carbocycles. The summed E-state index contributed by atoms with van der Waals surface area (Å²) < 4.78 is 52.6. The summed E-state index contributed by atoms with van der Waals surface area (Å²) in [4.78, 5) is 11.1. The Labute approximate surface area is 126 Å². The molecular formula is C15H13F2NO3S. The molecule has 0 unspecified atom stereocenters. The highest BCUT2D eigenvalue weighted by molar-refractivity contribution is 7.89. The van der Waals surface area contributed by atoms with Crippen LogP contribution in [0.3, 0.4) is 0 Å². The molecule has 0 aromatic heterocycles. The van der Waals surface area contributed by atoms with Crippen molar-refractivity contribution in [3.63, 3.8) is 0 Å². The third-order valence-electron chi connectivity index (χ3n) is 3.04. The van der Waals surface area contributed by atoms with Crippen molar-refractivity contribution in [3.05, 3.63) is 65.2 Å². The molecule has 0 saturated heterocycles. The normalized spacial score (nSPS) is 11.4. The average molecular weight is 325 g/mol. The molecule has 0 atom stereocenters. The quantitative estimate of drug-likeness (QED) is 0.860. The molecule has 7 heteroatoms. The van der Waals surface area contributed by atoms with Crippen molar-refractivity contribution in [1.29, 1.82) is 0 Å². The average Bonchev–Trinajstić information content (AvgIpc) is 2.46. The number of rotatable bonds is 5. The molecule has 0 fully saturated rings. The highest BCUT2D eigenvalue weighted by Crippen LogP contribution is 2.13. The summed E-state index contributed by atoms with van der Waals surface area (Å²) >= 11 is 0. The molecule has 116 valence electrons. The summed E-state index contributed by atoms with van der Waals surface area (Å²) in [6, 6.07) is 8.29. The van der Waals surface area contributed by atoms with Gasteiger partial charge in [0, 0.05) is 23.7 Å². The number of sulfonamides is 1. The van der Waals surface area contributed by atoms with Gasteiger partial charge in [-0.25, -0.2) is 21.9 Å². The van der Waals surface area contributed by atoms with E-state index in [2.05, 4.69) is 4.72 Å². The Bertz CT molecular complexity index is 802. The molecule has 4 nitrogen and oxygen atoms in total. The standard InChI is InChI=1S/C15H13F2NO3S/c1-10(19)11-3-6-14(7-4-11)22(20,21)18-9-12-2-5-13(16)8-15(12)17/h2-8,18H,9H2,1H3. The molecule has 0 radical (unpaired) electrons. The topological polar surface area (TPSA) is 63.2 Å². The maximum Gasteiger partial charge on any atom is 0.240 e. The molecule has 2 aromatic carbocycles. The van der Waals surface area contributed by atoms with E-state index in [0.29, 0.717) is 11.6 Å². The second-order valence-corrected chi connectivity index (χ2v) is 6.41. The number of ketones is 1. The molecule has 0 saturated carbocycles. The molecule has 0 heterocycles. The minimum Gasteiger partial charge on any atom is -0.295 e. The molecule has 0 amide bonds. The number of carbonyl (C=O) groups is 1. The van der Waals surface area contributed by atoms with Crippen LogP contribution in [0.2, 0.25) is 0 Å². The predicted molar refractivity (Wildman–Crippen MR) is 76.8 cm³/mol. The molecule has 0 spiro atoms. The lowest BCUT2D eigenvalue weighted by Gasteiger charge is -2.08. The Morgan fingerprint density at radius 1 is 1.09 bits per heavy atom. The van der Waals surface area contributed by atoms with Gasteiger partial charge >= 0.3 is 0 Å². The first-order valence-corrected chi connectivity index (χ1v) is 7.82. The van der Waals surface area contributed by atoms with Crippen LogP contribution in [0.15, 0.2) is 47.4 Å². The van der Waals surface area contributed by atoms with Crippen molar-refractivity contribution in [2.24, 2.45) is 0 Å². The zero-order valence-corrected chi connectivity index (χ0v) is 12.5. The zero-order valence-electron chi connectivity index (χ0n) is 11.6. The number of benzene rings is 2. The fourth-order valence-corrected chi connectivity index (χ4v) is 2.80. The van der Waals surface area contributed by atoms with Crippen LogP contribution in [-0.2, 0) is 16.6 Å². The van der Waals surface area contributed by atoms with E-state index in [1.807, 2.05) is 0 Å². The first-order chi connectivity index (χ1) is 10.3. The maximum absolute atomic E-state index is 13.5. The molecule has 2 rings (SSSR count). The van der Waals surface area contributed by atoms with E-state index in [9.17, 15) is 22.0 Å². The van der Waals surface area contributed by atoms with Gasteiger partial charge in [0.1, 0.15) is 11.6 Å². The predicted octanol–water partition coefficient (Wildman–Crippen LogP) is 2.65. The van der Waals surface area contributed by atoms with Crippen LogP contribution >= 0.6 is 0 Å². The fourth-order valence-electron chi connectivity index (χ4n) is 1.79. The van der Waals surface area contributed by atoms with Crippen LogP contribution in [-0.4, -0.2) is 14.2 Å². The number of hydrogen-bond acceptors (Lipinski definition) is 3. The summed E-state index contributed by atoms with van der Waals surface area (Å²) in [5.41, 5.74) is 0.425. The molecular weight excluding hydrogens is 312 g/mol. The Kier molecular flexibility index (Phi) is 4.68. The van der Waals surface area contributed by atoms with Gasteiger partial charge < -0.3 is 0 Å². The molecule has 0 bridgehead atoms. The van der Waals surface area contributed by atoms with Gasteiger partial charge in [0.25, 0.3) is 0 Å². The van der Waals surface area contributed by atoms with E-state index in [-0.39, 0.29) is 22.8 Å². The molecule has 22 heavy (non-hydrogen) atoms. The van der Waals surface area contributed by atoms with Crippen LogP contribution in [0.25, 0.3) is 0 Å². The van der Waals surface area contributed by atoms with Gasteiger partial charge in [0.2, 0.25) is 10.0 Å². The van der Waals surface area contributed by atoms with E-state index in [0.717, 1.165) is 6.07 Å². The number of halogens is 2. The van der Waals surface area contributed by atoms with Gasteiger partial charge in [-0.3, -0.25) is 4.79 Å². The summed E-state index contributed by atoms with van der Waals surface area (Å²) in [6.07, 6.45) is 0. The number of hydrogen-bond donors (Lipinski definition) is 1. The fraction of sp³-hybridized carbons (Fsp3) is 0.133. The zero-order chi connectivity index (χ0) is 16.3. The van der Waals surface area contributed by atoms with Crippen LogP contribution < -0.4 is 4.72 Å². The van der Waals surface area contributed by atoms with Crippen LogP contribution in [0.5, 0.6) is 0 Å². The number of carbonyl (C=O) groups excluding carboxylic acids is 1. The van der Waals surface area contributed by atoms with Crippen molar-refractivity contribution in [2.75, 3.05) is 0 Å². The summed E-state index contributed by atoms with van der Waals surface area (Å²) in [5, 5.41) is 0. The van der Waals surface area contributed by atoms with Crippen LogP contribution in [0.4, 0.5) is 8.78 Å². The van der Waals surface area contributed by atoms with Gasteiger partial charge in [-0.1, -0.05) is 18.2 Å². The molecule has 2 aromatic rings. The summed E-state index contributed by atoms with van der Waals surface area (Å²) in [6.45, 7) is 1.07. The lowest BCUT2D eigenvalue weighted by Crippen LogP contribution is -2.23. The highest BCUT2D eigenvalue weighted by atomic mass is 32.2. The first-order valence-electron chi connectivity index (χ1n) is 6.34. The van der Waals surface area contributed by atoms with E-state index in [1.54, 1.807) is 0 Å². The van der Waals surface area contributed by atoms with Crippen LogP contribution in [0.1, 0.15) is 22.8 Å². The Balaban J connectivity index is 2.15. The molecule has 1 N–H and O–H groups in total. The largest absolute Gasteiger partial charge is 0.295 e. The van der Waals surface area contributed by atoms with Crippen molar-refractivity contribution < 1.29 is 22.0 Å². The van der Waals surface area contributed by atoms with Crippen molar-refractivity contribution in [1.82, 2.24) is 4.72 Å². The van der Waals surface area contributed by atoms with Gasteiger partial charge in [0.05, 0.1) is 4.90 Å². The van der Waals surface area contributed by atoms with Crippen molar-refractivity contribution in [2.45, 2.75) is 18.4 Å². The summed E-state index contributed by atoms with van der Waals surface area (Å²) in [5.74, 6) is -1.73. The number of Topliss-reactive ketones (excluding diaryl/α,β-unsaturated/α-hetero) is 1. The van der Waals surface area contributed by atoms with Gasteiger partial charge in [0.15, 0.2) is 5.78 Å². The maximum atomic E-state index is 13.5. The Hall–Kier alpha value is -2.12. The monoisotopic (exact) mass is 325 g/mol. The van der Waals surface area contributed by atoms with Crippen molar-refractivity contribution in [3.8, 4) is 0 Å². The SMILES string of the molecule is CC(=O)c1ccc(S(=O)(=O)NCc2ccc(F)cc2F)cc1. The van der Waals surface area contributed by atoms with Gasteiger partial charge in [-0.15, -0.1) is 0 Å². The van der Waals surface area contributed by atoms with E-state index in [4.69, 9.17) is 0 Å². The minimum absolute atomic E-state index is 0.0327. The highest BCUT2D eigenvalue weighted by Gasteiger charge is 2.15. The van der Waals surface area contributed by atoms with E-state index < -0.39 is 21.7 Å². The second-order valence-electron chi connectivity index (χ2n) is 4.64. The Morgan fingerprint density at radius 2 is 1.73 bits per heavy atom. The molecule has 0 aliphatic heterocycles. The lowest BCUT2D eigenvalue weighted by atomic mass is 10.2. The molecule has 0 aliphatic rings. The summed E-state index contributed by atoms with van der Waals surface area (Å²) in [7, 11) is -3.85. The van der Waals surface area contributed by atoms with Crippen molar-refractivity contribution >= 4 is 15.8 Å². The van der Waals surface area contributed by atoms with Gasteiger partial charge in [-0.05, 0) is 25.1 Å². The van der Waals surface area contributed by atoms with E-state index >= 15 is 0 Å². The van der Waals surface area contributed by atoms with Crippen LogP contribution in [0, 0.1) is 11.6 Å². The van der Waals surface area contributed by atoms with E-state index in [1.165, 1.54) is 37.3 Å². The smallest absolute Gasteiger partial charge is 0.240 e. The van der Waals surface area contributed by atoms with Gasteiger partial charge in [-0.2, -0.15) is 0 Å². The first kappa shape index (κ1) is 16.3. The Morgan fingerprint density at radius 3 is 2.27 bits per heavy atom. The second kappa shape index (κ2) is 6.33. The lowest BCUT2D eigenvalue weighted by molar-refractivity contribution is 0.101. The number of nitrogens with one attached hydrogen (secondary N) is 1. The third kappa shape index (κ3) is 3.75. The third-order valence-corrected chi connectivity index (χ3v) is 4.46.